The number of carboxylic acid groups (broad SMARTS) is 1. The minimum Gasteiger partial charge on any atom is -0.478 e. The van der Waals surface area contributed by atoms with Crippen LogP contribution in [0.4, 0.5) is 33.3 Å². The van der Waals surface area contributed by atoms with Crippen molar-refractivity contribution in [1.82, 2.24) is 0 Å². The molecule has 0 aromatic heterocycles. The number of nitrogen functional groups attached to an aromatic ring is 1. The monoisotopic (exact) mass is 298 g/mol. The van der Waals surface area contributed by atoms with E-state index in [0.29, 0.717) is 0 Å². The standard InChI is InChI=1S/C10H7F5N2O3/c11-9(12,10(13,14)15)8(20)17-6-2-1-4(16)3-5(6)7(18)19/h1-3H,16H2,(H,17,20)(H,18,19). The molecule has 110 valence electrons. The van der Waals surface area contributed by atoms with Crippen LogP contribution in [0.3, 0.4) is 0 Å². The number of nitrogens with two attached hydrogens (primary N) is 1. The Kier molecular flexibility index (Phi) is 3.87. The van der Waals surface area contributed by atoms with E-state index in [9.17, 15) is 31.5 Å². The number of anilines is 2. The van der Waals surface area contributed by atoms with Crippen LogP contribution in [-0.4, -0.2) is 29.1 Å². The molecule has 0 bridgehead atoms. The third-order valence-corrected chi connectivity index (χ3v) is 2.16. The SMILES string of the molecule is Nc1ccc(NC(=O)C(F)(F)C(F)(F)F)c(C(=O)O)c1. The van der Waals surface area contributed by atoms with Crippen LogP contribution in [0.1, 0.15) is 10.4 Å². The van der Waals surface area contributed by atoms with E-state index >= 15 is 0 Å². The van der Waals surface area contributed by atoms with Crippen LogP contribution in [0.2, 0.25) is 0 Å². The van der Waals surface area contributed by atoms with Gasteiger partial charge in [0.05, 0.1) is 11.3 Å². The second kappa shape index (κ2) is 4.94. The number of rotatable bonds is 3. The van der Waals surface area contributed by atoms with E-state index < -0.39 is 35.2 Å². The van der Waals surface area contributed by atoms with Gasteiger partial charge in [-0.3, -0.25) is 4.79 Å². The van der Waals surface area contributed by atoms with Gasteiger partial charge in [0.1, 0.15) is 0 Å². The van der Waals surface area contributed by atoms with E-state index in [-0.39, 0.29) is 5.69 Å². The Morgan fingerprint density at radius 1 is 1.15 bits per heavy atom. The van der Waals surface area contributed by atoms with Crippen molar-refractivity contribution < 1.29 is 36.6 Å². The number of amides is 1. The number of benzene rings is 1. The van der Waals surface area contributed by atoms with E-state index in [1.807, 2.05) is 0 Å². The number of aromatic carboxylic acids is 1. The van der Waals surface area contributed by atoms with Crippen LogP contribution in [-0.2, 0) is 4.79 Å². The Morgan fingerprint density at radius 2 is 1.70 bits per heavy atom. The summed E-state index contributed by atoms with van der Waals surface area (Å²) in [5.41, 5.74) is 3.75. The van der Waals surface area contributed by atoms with Crippen molar-refractivity contribution in [3.8, 4) is 0 Å². The fourth-order valence-corrected chi connectivity index (χ4v) is 1.18. The molecular formula is C10H7F5N2O3. The van der Waals surface area contributed by atoms with Crippen molar-refractivity contribution >= 4 is 23.3 Å². The quantitative estimate of drug-likeness (QED) is 0.588. The maximum Gasteiger partial charge on any atom is 0.463 e. The van der Waals surface area contributed by atoms with Crippen molar-refractivity contribution in [1.29, 1.82) is 0 Å². The van der Waals surface area contributed by atoms with Gasteiger partial charge >= 0.3 is 24.0 Å². The van der Waals surface area contributed by atoms with Gasteiger partial charge in [0.15, 0.2) is 0 Å². The average molecular weight is 298 g/mol. The lowest BCUT2D eigenvalue weighted by atomic mass is 10.1. The Bertz CT molecular complexity index is 556. The van der Waals surface area contributed by atoms with Gasteiger partial charge in [-0.05, 0) is 18.2 Å². The smallest absolute Gasteiger partial charge is 0.463 e. The topological polar surface area (TPSA) is 92.4 Å². The molecule has 1 rings (SSSR count). The van der Waals surface area contributed by atoms with E-state index in [1.54, 1.807) is 0 Å². The van der Waals surface area contributed by atoms with E-state index in [0.717, 1.165) is 18.2 Å². The molecule has 10 heteroatoms. The highest BCUT2D eigenvalue weighted by Crippen LogP contribution is 2.36. The summed E-state index contributed by atoms with van der Waals surface area (Å²) in [5, 5.41) is 9.97. The van der Waals surface area contributed by atoms with Gasteiger partial charge in [0.25, 0.3) is 0 Å². The van der Waals surface area contributed by atoms with Gasteiger partial charge in [-0.15, -0.1) is 0 Å². The summed E-state index contributed by atoms with van der Waals surface area (Å²) >= 11 is 0. The molecule has 0 aliphatic heterocycles. The molecule has 4 N–H and O–H groups in total. The van der Waals surface area contributed by atoms with Gasteiger partial charge in [0.2, 0.25) is 0 Å². The molecule has 5 nitrogen and oxygen atoms in total. The number of carbonyl (C=O) groups is 2. The number of carbonyl (C=O) groups excluding carboxylic acids is 1. The lowest BCUT2D eigenvalue weighted by Gasteiger charge is -2.19. The van der Waals surface area contributed by atoms with E-state index in [1.165, 1.54) is 5.32 Å². The third kappa shape index (κ3) is 2.95. The zero-order valence-electron chi connectivity index (χ0n) is 9.46. The summed E-state index contributed by atoms with van der Waals surface area (Å²) in [7, 11) is 0. The summed E-state index contributed by atoms with van der Waals surface area (Å²) in [6.07, 6.45) is -6.09. The van der Waals surface area contributed by atoms with Gasteiger partial charge in [0, 0.05) is 5.69 Å². The minimum absolute atomic E-state index is 0.0667. The number of hydrogen-bond donors (Lipinski definition) is 3. The number of hydrogen-bond acceptors (Lipinski definition) is 3. The zero-order valence-corrected chi connectivity index (χ0v) is 9.46. The van der Waals surface area contributed by atoms with Crippen LogP contribution in [0.25, 0.3) is 0 Å². The van der Waals surface area contributed by atoms with E-state index in [4.69, 9.17) is 10.8 Å². The number of halogens is 5. The van der Waals surface area contributed by atoms with Gasteiger partial charge < -0.3 is 16.2 Å². The van der Waals surface area contributed by atoms with Crippen molar-refractivity contribution in [3.63, 3.8) is 0 Å². The van der Waals surface area contributed by atoms with Crippen molar-refractivity contribution in [3.05, 3.63) is 23.8 Å². The highest BCUT2D eigenvalue weighted by molar-refractivity contribution is 6.03. The van der Waals surface area contributed by atoms with Gasteiger partial charge in [-0.1, -0.05) is 0 Å². The van der Waals surface area contributed by atoms with Crippen molar-refractivity contribution in [2.24, 2.45) is 0 Å². The van der Waals surface area contributed by atoms with Crippen molar-refractivity contribution in [2.45, 2.75) is 12.1 Å². The minimum atomic E-state index is -6.09. The Balaban J connectivity index is 3.12. The molecule has 20 heavy (non-hydrogen) atoms. The number of nitrogens with one attached hydrogen (secondary N) is 1. The normalized spacial score (nSPS) is 12.1. The zero-order chi connectivity index (χ0) is 15.7. The Morgan fingerprint density at radius 3 is 2.15 bits per heavy atom. The Labute approximate surface area is 108 Å². The average Bonchev–Trinajstić information content (AvgIpc) is 2.29. The summed E-state index contributed by atoms with van der Waals surface area (Å²) in [5.74, 6) is -9.98. The molecule has 0 spiro atoms. The highest BCUT2D eigenvalue weighted by atomic mass is 19.4. The lowest BCUT2D eigenvalue weighted by molar-refractivity contribution is -0.267. The maximum atomic E-state index is 12.7. The first-order chi connectivity index (χ1) is 8.96. The molecule has 1 amide bonds. The molecule has 0 aliphatic carbocycles. The molecule has 0 atom stereocenters. The first-order valence-corrected chi connectivity index (χ1v) is 4.85. The van der Waals surface area contributed by atoms with Crippen molar-refractivity contribution in [2.75, 3.05) is 11.1 Å². The summed E-state index contributed by atoms with van der Waals surface area (Å²) < 4.78 is 61.3. The molecule has 0 aliphatic rings. The van der Waals surface area contributed by atoms with Crippen LogP contribution in [0.5, 0.6) is 0 Å². The Hall–Kier alpha value is -2.39. The molecule has 0 unspecified atom stereocenters. The predicted molar refractivity (Wildman–Crippen MR) is 57.4 cm³/mol. The summed E-state index contributed by atoms with van der Waals surface area (Å²) in [6.45, 7) is 0. The highest BCUT2D eigenvalue weighted by Gasteiger charge is 2.63. The largest absolute Gasteiger partial charge is 0.478 e. The number of alkyl halides is 5. The van der Waals surface area contributed by atoms with Crippen LogP contribution >= 0.6 is 0 Å². The fourth-order valence-electron chi connectivity index (χ4n) is 1.18. The predicted octanol–water partition coefficient (Wildman–Crippen LogP) is 2.10. The summed E-state index contributed by atoms with van der Waals surface area (Å²) in [6, 6.07) is 2.65. The van der Waals surface area contributed by atoms with Crippen LogP contribution in [0, 0.1) is 0 Å². The second-order valence-corrected chi connectivity index (χ2v) is 3.64. The van der Waals surface area contributed by atoms with Crippen LogP contribution < -0.4 is 11.1 Å². The molecule has 0 radical (unpaired) electrons. The molecular weight excluding hydrogens is 291 g/mol. The first kappa shape index (κ1) is 15.7. The molecule has 0 saturated heterocycles. The van der Waals surface area contributed by atoms with Gasteiger partial charge in [-0.25, -0.2) is 4.79 Å². The maximum absolute atomic E-state index is 12.7. The number of carboxylic acids is 1. The lowest BCUT2D eigenvalue weighted by Crippen LogP contribution is -2.47. The third-order valence-electron chi connectivity index (χ3n) is 2.16. The molecule has 0 fully saturated rings. The second-order valence-electron chi connectivity index (χ2n) is 3.64. The molecule has 1 aromatic rings. The molecule has 0 heterocycles. The van der Waals surface area contributed by atoms with Crippen LogP contribution in [0.15, 0.2) is 18.2 Å². The summed E-state index contributed by atoms with van der Waals surface area (Å²) in [4.78, 5) is 21.7. The molecule has 1 aromatic carbocycles. The first-order valence-electron chi connectivity index (χ1n) is 4.85. The molecule has 0 saturated carbocycles. The fraction of sp³-hybridized carbons (Fsp3) is 0.200. The van der Waals surface area contributed by atoms with E-state index in [2.05, 4.69) is 0 Å². The van der Waals surface area contributed by atoms with Gasteiger partial charge in [-0.2, -0.15) is 22.0 Å².